The summed E-state index contributed by atoms with van der Waals surface area (Å²) >= 11 is 6.28. The molecule has 1 amide bonds. The predicted octanol–water partition coefficient (Wildman–Crippen LogP) is 5.73. The number of benzene rings is 2. The number of carbonyl (C=O) groups is 1. The van der Waals surface area contributed by atoms with Gasteiger partial charge in [0, 0.05) is 31.9 Å². The fourth-order valence-corrected chi connectivity index (χ4v) is 4.77. The van der Waals surface area contributed by atoms with Crippen molar-refractivity contribution in [1.29, 1.82) is 0 Å². The number of nitrogens with zero attached hydrogens (tertiary/aromatic N) is 3. The van der Waals surface area contributed by atoms with E-state index < -0.39 is 5.60 Å². The van der Waals surface area contributed by atoms with Crippen LogP contribution in [0.2, 0.25) is 5.02 Å². The van der Waals surface area contributed by atoms with Gasteiger partial charge in [-0.2, -0.15) is 0 Å². The van der Waals surface area contributed by atoms with Gasteiger partial charge in [-0.15, -0.1) is 0 Å². The Morgan fingerprint density at radius 1 is 1.05 bits per heavy atom. The lowest BCUT2D eigenvalue weighted by Crippen LogP contribution is -2.50. The number of aromatic nitrogens is 1. The molecule has 1 aliphatic rings. The molecule has 1 fully saturated rings. The van der Waals surface area contributed by atoms with Crippen molar-refractivity contribution in [3.05, 3.63) is 63.9 Å². The molecule has 192 valence electrons. The predicted molar refractivity (Wildman–Crippen MR) is 145 cm³/mol. The van der Waals surface area contributed by atoms with E-state index in [0.717, 1.165) is 11.3 Å². The summed E-state index contributed by atoms with van der Waals surface area (Å²) < 4.78 is 17.2. The molecule has 0 unspecified atom stereocenters. The van der Waals surface area contributed by atoms with Crippen molar-refractivity contribution in [3.8, 4) is 16.9 Å². The number of piperazine rings is 1. The van der Waals surface area contributed by atoms with Crippen LogP contribution in [0, 0.1) is 0 Å². The van der Waals surface area contributed by atoms with E-state index in [9.17, 15) is 9.59 Å². The average molecular weight is 522 g/mol. The summed E-state index contributed by atoms with van der Waals surface area (Å²) in [5, 5.41) is 0.629. The number of carbonyl (C=O) groups excluding carboxylic acids is 1. The summed E-state index contributed by atoms with van der Waals surface area (Å²) in [5.41, 5.74) is 2.63. The maximum Gasteiger partial charge on any atom is 0.410 e. The number of hydrogen-bond donors (Lipinski definition) is 0. The van der Waals surface area contributed by atoms with E-state index >= 15 is 0 Å². The SMILES string of the molecule is COc1cnc2c(=O)c3c(Cl)cccc3oc2c1-c1ccc(N2CCN(C(=O)OC(C)(C)C)CC2)cc1. The van der Waals surface area contributed by atoms with Crippen LogP contribution in [-0.4, -0.2) is 54.9 Å². The molecule has 0 bridgehead atoms. The Morgan fingerprint density at radius 3 is 2.41 bits per heavy atom. The van der Waals surface area contributed by atoms with Crippen molar-refractivity contribution in [2.24, 2.45) is 0 Å². The van der Waals surface area contributed by atoms with Gasteiger partial charge in [0.15, 0.2) is 11.1 Å². The Kier molecular flexibility index (Phi) is 6.45. The molecule has 1 saturated heterocycles. The molecule has 0 spiro atoms. The second-order valence-corrected chi connectivity index (χ2v) is 10.3. The van der Waals surface area contributed by atoms with Crippen molar-refractivity contribution >= 4 is 45.5 Å². The molecule has 2 aromatic heterocycles. The lowest BCUT2D eigenvalue weighted by molar-refractivity contribution is 0.0240. The molecule has 3 heterocycles. The van der Waals surface area contributed by atoms with Crippen molar-refractivity contribution in [2.45, 2.75) is 26.4 Å². The van der Waals surface area contributed by atoms with Crippen LogP contribution in [0.15, 0.2) is 57.9 Å². The number of hydrogen-bond acceptors (Lipinski definition) is 7. The van der Waals surface area contributed by atoms with Gasteiger partial charge in [0.1, 0.15) is 16.9 Å². The topological polar surface area (TPSA) is 85.1 Å². The maximum atomic E-state index is 13.2. The van der Waals surface area contributed by atoms with Gasteiger partial charge in [0.2, 0.25) is 5.43 Å². The summed E-state index contributed by atoms with van der Waals surface area (Å²) in [6.45, 7) is 8.16. The van der Waals surface area contributed by atoms with E-state index in [0.29, 0.717) is 59.1 Å². The first kappa shape index (κ1) is 24.9. The number of pyridine rings is 1. The summed E-state index contributed by atoms with van der Waals surface area (Å²) in [4.78, 5) is 33.9. The summed E-state index contributed by atoms with van der Waals surface area (Å²) in [5.74, 6) is 0.496. The number of methoxy groups -OCH3 is 1. The van der Waals surface area contributed by atoms with Crippen molar-refractivity contribution in [2.75, 3.05) is 38.2 Å². The second kappa shape index (κ2) is 9.59. The second-order valence-electron chi connectivity index (χ2n) is 9.92. The van der Waals surface area contributed by atoms with Gasteiger partial charge in [-0.3, -0.25) is 4.79 Å². The molecule has 0 radical (unpaired) electrons. The molecule has 1 aliphatic heterocycles. The molecule has 37 heavy (non-hydrogen) atoms. The van der Waals surface area contributed by atoms with Gasteiger partial charge in [0.25, 0.3) is 0 Å². The third kappa shape index (κ3) is 4.81. The zero-order valence-electron chi connectivity index (χ0n) is 21.2. The molecule has 4 aromatic rings. The minimum Gasteiger partial charge on any atom is -0.494 e. The minimum atomic E-state index is -0.514. The quantitative estimate of drug-likeness (QED) is 0.318. The largest absolute Gasteiger partial charge is 0.494 e. The first-order valence-corrected chi connectivity index (χ1v) is 12.5. The Labute approximate surface area is 219 Å². The molecule has 2 aromatic carbocycles. The molecular formula is C28H28ClN3O5. The molecule has 8 nitrogen and oxygen atoms in total. The molecule has 0 atom stereocenters. The van der Waals surface area contributed by atoms with E-state index in [4.69, 9.17) is 25.5 Å². The van der Waals surface area contributed by atoms with Crippen molar-refractivity contribution in [1.82, 2.24) is 9.88 Å². The van der Waals surface area contributed by atoms with Crippen molar-refractivity contribution < 1.29 is 18.7 Å². The Balaban J connectivity index is 1.45. The molecule has 5 rings (SSSR count). The fourth-order valence-electron chi connectivity index (χ4n) is 4.52. The van der Waals surface area contributed by atoms with Gasteiger partial charge < -0.3 is 23.7 Å². The summed E-state index contributed by atoms with van der Waals surface area (Å²) in [6, 6.07) is 13.1. The van der Waals surface area contributed by atoms with Crippen LogP contribution >= 0.6 is 11.6 Å². The van der Waals surface area contributed by atoms with Crippen LogP contribution < -0.4 is 15.1 Å². The lowest BCUT2D eigenvalue weighted by Gasteiger charge is -2.36. The van der Waals surface area contributed by atoms with Crippen LogP contribution in [-0.2, 0) is 4.74 Å². The summed E-state index contributed by atoms with van der Waals surface area (Å²) in [6.07, 6.45) is 1.25. The van der Waals surface area contributed by atoms with Gasteiger partial charge >= 0.3 is 6.09 Å². The third-order valence-electron chi connectivity index (χ3n) is 6.30. The Morgan fingerprint density at radius 2 is 1.76 bits per heavy atom. The minimum absolute atomic E-state index is 0.193. The van der Waals surface area contributed by atoms with Crippen LogP contribution in [0.25, 0.3) is 33.2 Å². The highest BCUT2D eigenvalue weighted by atomic mass is 35.5. The van der Waals surface area contributed by atoms with E-state index in [1.54, 1.807) is 30.2 Å². The number of fused-ring (bicyclic) bond motifs is 2. The maximum absolute atomic E-state index is 13.2. The van der Waals surface area contributed by atoms with Crippen molar-refractivity contribution in [3.63, 3.8) is 0 Å². The van der Waals surface area contributed by atoms with E-state index in [-0.39, 0.29) is 17.0 Å². The smallest absolute Gasteiger partial charge is 0.410 e. The Bertz CT molecular complexity index is 1530. The Hall–Kier alpha value is -3.78. The fraction of sp³-hybridized carbons (Fsp3) is 0.321. The van der Waals surface area contributed by atoms with Crippen LogP contribution in [0.4, 0.5) is 10.5 Å². The molecular weight excluding hydrogens is 494 g/mol. The third-order valence-corrected chi connectivity index (χ3v) is 6.62. The van der Waals surface area contributed by atoms with Crippen LogP contribution in [0.5, 0.6) is 5.75 Å². The van der Waals surface area contributed by atoms with Gasteiger partial charge in [-0.1, -0.05) is 29.8 Å². The van der Waals surface area contributed by atoms with E-state index in [1.807, 2.05) is 45.0 Å². The number of ether oxygens (including phenoxy) is 2. The van der Waals surface area contributed by atoms with Gasteiger partial charge in [-0.05, 0) is 50.6 Å². The number of halogens is 1. The zero-order valence-corrected chi connectivity index (χ0v) is 22.0. The summed E-state index contributed by atoms with van der Waals surface area (Å²) in [7, 11) is 1.56. The highest BCUT2D eigenvalue weighted by Gasteiger charge is 2.26. The van der Waals surface area contributed by atoms with Crippen LogP contribution in [0.3, 0.4) is 0 Å². The lowest BCUT2D eigenvalue weighted by atomic mass is 10.0. The molecule has 0 N–H and O–H groups in total. The highest BCUT2D eigenvalue weighted by molar-refractivity contribution is 6.35. The molecule has 0 aliphatic carbocycles. The standard InChI is InChI=1S/C28H28ClN3O5/c1-28(2,3)37-27(34)32-14-12-31(13-15-32)18-10-8-17(9-11-18)22-21(35-4)16-30-24-25(33)23-19(29)6-5-7-20(23)36-26(22)24/h5-11,16H,12-15H2,1-4H3. The van der Waals surface area contributed by atoms with E-state index in [1.165, 1.54) is 6.20 Å². The van der Waals surface area contributed by atoms with Gasteiger partial charge in [-0.25, -0.2) is 9.78 Å². The number of anilines is 1. The number of amides is 1. The normalized spacial score (nSPS) is 14.3. The van der Waals surface area contributed by atoms with Crippen LogP contribution in [0.1, 0.15) is 20.8 Å². The average Bonchev–Trinajstić information content (AvgIpc) is 2.87. The molecule has 0 saturated carbocycles. The molecule has 9 heteroatoms. The van der Waals surface area contributed by atoms with E-state index in [2.05, 4.69) is 9.88 Å². The highest BCUT2D eigenvalue weighted by Crippen LogP contribution is 2.37. The van der Waals surface area contributed by atoms with Gasteiger partial charge in [0.05, 0.1) is 29.3 Å². The first-order chi connectivity index (χ1) is 17.7. The first-order valence-electron chi connectivity index (χ1n) is 12.1. The number of rotatable bonds is 3. The zero-order chi connectivity index (χ0) is 26.3. The monoisotopic (exact) mass is 521 g/mol.